The maximum Gasteiger partial charge on any atom is 0.331 e. The Hall–Kier alpha value is -2.18. The van der Waals surface area contributed by atoms with E-state index in [1.165, 1.54) is 22.7 Å². The molecule has 150 valence electrons. The molecule has 1 N–H and O–H groups in total. The predicted molar refractivity (Wildman–Crippen MR) is 117 cm³/mol. The number of urea groups is 1. The molecule has 2 aromatic carbocycles. The summed E-state index contributed by atoms with van der Waals surface area (Å²) >= 11 is 4.31. The first kappa shape index (κ1) is 20.6. The summed E-state index contributed by atoms with van der Waals surface area (Å²) in [6.07, 6.45) is 3.38. The van der Waals surface area contributed by atoms with Crippen molar-refractivity contribution in [1.29, 1.82) is 0 Å². The van der Waals surface area contributed by atoms with E-state index in [-0.39, 0.29) is 6.03 Å². The molecule has 0 unspecified atom stereocenters. The molecule has 1 saturated heterocycles. The summed E-state index contributed by atoms with van der Waals surface area (Å²) in [6.45, 7) is 3.95. The van der Waals surface area contributed by atoms with Gasteiger partial charge in [-0.2, -0.15) is 0 Å². The highest BCUT2D eigenvalue weighted by molar-refractivity contribution is 7.82. The third-order valence-corrected chi connectivity index (χ3v) is 5.71. The van der Waals surface area contributed by atoms with Crippen molar-refractivity contribution in [3.8, 4) is 5.75 Å². The van der Waals surface area contributed by atoms with E-state index in [4.69, 9.17) is 4.74 Å². The number of benzene rings is 2. The van der Waals surface area contributed by atoms with E-state index >= 15 is 0 Å². The van der Waals surface area contributed by atoms with E-state index in [0.29, 0.717) is 12.5 Å². The average molecular weight is 400 g/mol. The molecule has 0 saturated carbocycles. The molecule has 1 aliphatic heterocycles. The Labute approximate surface area is 173 Å². The van der Waals surface area contributed by atoms with E-state index < -0.39 is 0 Å². The highest BCUT2D eigenvalue weighted by Crippen LogP contribution is 2.22. The van der Waals surface area contributed by atoms with Gasteiger partial charge in [0.05, 0.1) is 12.8 Å². The Balaban J connectivity index is 1.35. The van der Waals surface area contributed by atoms with Crippen molar-refractivity contribution >= 4 is 24.5 Å². The monoisotopic (exact) mass is 399 g/mol. The summed E-state index contributed by atoms with van der Waals surface area (Å²) in [5.41, 5.74) is 2.09. The number of carbonyl (C=O) groups is 1. The van der Waals surface area contributed by atoms with Crippen LogP contribution in [0.25, 0.3) is 0 Å². The van der Waals surface area contributed by atoms with Gasteiger partial charge in [0, 0.05) is 13.1 Å². The minimum atomic E-state index is -0.199. The zero-order chi connectivity index (χ0) is 19.8. The number of carbonyl (C=O) groups excluding carboxylic acids is 1. The lowest BCUT2D eigenvalue weighted by molar-refractivity contribution is 0.172. The lowest BCUT2D eigenvalue weighted by Crippen LogP contribution is -2.37. The largest absolute Gasteiger partial charge is 0.497 e. The Morgan fingerprint density at radius 3 is 2.46 bits per heavy atom. The fraction of sp³-hybridized carbons (Fsp3) is 0.409. The summed E-state index contributed by atoms with van der Waals surface area (Å²) < 4.78 is 6.47. The first-order valence-electron chi connectivity index (χ1n) is 9.83. The number of amides is 2. The number of methoxy groups -OCH3 is 1. The number of rotatable bonds is 7. The van der Waals surface area contributed by atoms with E-state index in [0.717, 1.165) is 37.5 Å². The highest BCUT2D eigenvalue weighted by Gasteiger charge is 2.19. The smallest absolute Gasteiger partial charge is 0.331 e. The SMILES string of the molecule is COc1ccc(N(S)C(=O)NCCC2CCN(Cc3ccccc3)CC2)cc1. The zero-order valence-corrected chi connectivity index (χ0v) is 17.3. The van der Waals surface area contributed by atoms with Gasteiger partial charge in [-0.3, -0.25) is 4.90 Å². The molecule has 1 aliphatic rings. The molecule has 3 rings (SSSR count). The van der Waals surface area contributed by atoms with Gasteiger partial charge in [-0.05, 0) is 68.1 Å². The summed E-state index contributed by atoms with van der Waals surface area (Å²) in [5.74, 6) is 1.42. The molecule has 2 amide bonds. The van der Waals surface area contributed by atoms with E-state index in [9.17, 15) is 4.79 Å². The first-order chi connectivity index (χ1) is 13.7. The molecule has 0 radical (unpaired) electrons. The number of nitrogens with one attached hydrogen (secondary N) is 1. The molecular weight excluding hydrogens is 370 g/mol. The van der Waals surface area contributed by atoms with Gasteiger partial charge in [-0.15, -0.1) is 0 Å². The molecule has 5 nitrogen and oxygen atoms in total. The number of anilines is 1. The van der Waals surface area contributed by atoms with Crippen LogP contribution in [0.2, 0.25) is 0 Å². The number of thiol groups is 1. The van der Waals surface area contributed by atoms with Crippen LogP contribution in [0.5, 0.6) is 5.75 Å². The number of nitrogens with zero attached hydrogens (tertiary/aromatic N) is 2. The van der Waals surface area contributed by atoms with Gasteiger partial charge >= 0.3 is 6.03 Å². The number of hydrogen-bond donors (Lipinski definition) is 2. The van der Waals surface area contributed by atoms with Crippen molar-refractivity contribution in [2.24, 2.45) is 5.92 Å². The van der Waals surface area contributed by atoms with Crippen LogP contribution in [0, 0.1) is 5.92 Å². The molecule has 0 aliphatic carbocycles. The second kappa shape index (κ2) is 10.4. The van der Waals surface area contributed by atoms with Gasteiger partial charge in [0.25, 0.3) is 0 Å². The van der Waals surface area contributed by atoms with Crippen molar-refractivity contribution < 1.29 is 9.53 Å². The lowest BCUT2D eigenvalue weighted by atomic mass is 9.93. The van der Waals surface area contributed by atoms with E-state index in [1.807, 2.05) is 24.3 Å². The molecule has 0 spiro atoms. The van der Waals surface area contributed by atoms with Crippen molar-refractivity contribution in [3.05, 3.63) is 60.2 Å². The average Bonchev–Trinajstić information content (AvgIpc) is 2.75. The summed E-state index contributed by atoms with van der Waals surface area (Å²) in [6, 6.07) is 17.7. The Morgan fingerprint density at radius 2 is 1.82 bits per heavy atom. The first-order valence-corrected chi connectivity index (χ1v) is 10.2. The van der Waals surface area contributed by atoms with Gasteiger partial charge in [0.1, 0.15) is 5.75 Å². The van der Waals surface area contributed by atoms with Crippen LogP contribution < -0.4 is 14.4 Å². The van der Waals surface area contributed by atoms with E-state index in [1.54, 1.807) is 7.11 Å². The maximum atomic E-state index is 12.3. The highest BCUT2D eigenvalue weighted by atomic mass is 32.1. The number of hydrogen-bond acceptors (Lipinski definition) is 4. The summed E-state index contributed by atoms with van der Waals surface area (Å²) in [4.78, 5) is 14.8. The fourth-order valence-electron chi connectivity index (χ4n) is 3.57. The third kappa shape index (κ3) is 5.91. The van der Waals surface area contributed by atoms with Crippen molar-refractivity contribution in [2.75, 3.05) is 31.0 Å². The topological polar surface area (TPSA) is 44.8 Å². The van der Waals surface area contributed by atoms with Crippen LogP contribution in [0.3, 0.4) is 0 Å². The minimum Gasteiger partial charge on any atom is -0.497 e. The third-order valence-electron chi connectivity index (χ3n) is 5.29. The van der Waals surface area contributed by atoms with Crippen LogP contribution in [-0.2, 0) is 6.54 Å². The van der Waals surface area contributed by atoms with Crippen molar-refractivity contribution in [3.63, 3.8) is 0 Å². The molecule has 28 heavy (non-hydrogen) atoms. The van der Waals surface area contributed by atoms with Crippen molar-refractivity contribution in [2.45, 2.75) is 25.8 Å². The van der Waals surface area contributed by atoms with E-state index in [2.05, 4.69) is 53.4 Å². The van der Waals surface area contributed by atoms with Gasteiger partial charge in [0.2, 0.25) is 0 Å². The second-order valence-electron chi connectivity index (χ2n) is 7.24. The van der Waals surface area contributed by atoms with Crippen LogP contribution in [-0.4, -0.2) is 37.7 Å². The van der Waals surface area contributed by atoms with Crippen molar-refractivity contribution in [1.82, 2.24) is 10.2 Å². The normalized spacial score (nSPS) is 15.2. The van der Waals surface area contributed by atoms with Crippen LogP contribution >= 0.6 is 12.8 Å². The summed E-state index contributed by atoms with van der Waals surface area (Å²) in [7, 11) is 1.62. The number of ether oxygens (including phenoxy) is 1. The molecule has 0 aromatic heterocycles. The molecule has 0 atom stereocenters. The maximum absolute atomic E-state index is 12.3. The standard InChI is InChI=1S/C22H29N3O2S/c1-27-21-9-7-20(8-10-21)25(28)22(26)23-14-11-18-12-15-24(16-13-18)17-19-5-3-2-4-6-19/h2-10,18,28H,11-17H2,1H3,(H,23,26). The fourth-order valence-corrected chi connectivity index (χ4v) is 3.78. The number of likely N-dealkylation sites (tertiary alicyclic amines) is 1. The Bertz CT molecular complexity index is 731. The molecule has 1 fully saturated rings. The quantitative estimate of drug-likeness (QED) is 0.680. The molecule has 6 heteroatoms. The number of piperidine rings is 1. The lowest BCUT2D eigenvalue weighted by Gasteiger charge is -2.32. The van der Waals surface area contributed by atoms with Gasteiger partial charge < -0.3 is 10.1 Å². The second-order valence-corrected chi connectivity index (χ2v) is 7.64. The van der Waals surface area contributed by atoms with Crippen LogP contribution in [0.4, 0.5) is 10.5 Å². The molecule has 2 aromatic rings. The molecular formula is C22H29N3O2S. The Kier molecular flexibility index (Phi) is 7.62. The van der Waals surface area contributed by atoms with Gasteiger partial charge in [-0.25, -0.2) is 9.10 Å². The van der Waals surface area contributed by atoms with Crippen LogP contribution in [0.15, 0.2) is 54.6 Å². The Morgan fingerprint density at radius 1 is 1.14 bits per heavy atom. The molecule has 1 heterocycles. The minimum absolute atomic E-state index is 0.199. The molecule has 0 bridgehead atoms. The zero-order valence-electron chi connectivity index (χ0n) is 16.4. The summed E-state index contributed by atoms with van der Waals surface area (Å²) in [5, 5.41) is 2.97. The van der Waals surface area contributed by atoms with Gasteiger partial charge in [0.15, 0.2) is 0 Å². The van der Waals surface area contributed by atoms with Crippen LogP contribution in [0.1, 0.15) is 24.8 Å². The predicted octanol–water partition coefficient (Wildman–Crippen LogP) is 4.36. The van der Waals surface area contributed by atoms with Gasteiger partial charge in [-0.1, -0.05) is 43.1 Å².